The number of carbonyl (C=O) groups is 1. The molecule has 3 heteroatoms. The maximum Gasteiger partial charge on any atom is 0.311 e. The second-order valence-electron chi connectivity index (χ2n) is 7.35. The topological polar surface area (TPSA) is 35.5 Å². The molecule has 6 unspecified atom stereocenters. The van der Waals surface area contributed by atoms with Crippen LogP contribution in [0.1, 0.15) is 65.2 Å². The van der Waals surface area contributed by atoms with Gasteiger partial charge in [0.25, 0.3) is 0 Å². The molecule has 2 heterocycles. The second kappa shape index (κ2) is 6.68. The molecule has 3 fully saturated rings. The van der Waals surface area contributed by atoms with Gasteiger partial charge in [-0.1, -0.05) is 26.7 Å². The third kappa shape index (κ3) is 3.28. The van der Waals surface area contributed by atoms with Crippen molar-refractivity contribution in [2.45, 2.75) is 77.4 Å². The first-order valence-electron chi connectivity index (χ1n) is 9.03. The Morgan fingerprint density at radius 3 is 2.52 bits per heavy atom. The van der Waals surface area contributed by atoms with Gasteiger partial charge < -0.3 is 9.47 Å². The van der Waals surface area contributed by atoms with Gasteiger partial charge in [-0.15, -0.1) is 0 Å². The highest BCUT2D eigenvalue weighted by Crippen LogP contribution is 2.42. The van der Waals surface area contributed by atoms with Gasteiger partial charge in [-0.05, 0) is 56.3 Å². The zero-order chi connectivity index (χ0) is 14.8. The van der Waals surface area contributed by atoms with Crippen LogP contribution in [0.25, 0.3) is 0 Å². The minimum Gasteiger partial charge on any atom is -0.465 e. The first-order valence-corrected chi connectivity index (χ1v) is 9.03. The van der Waals surface area contributed by atoms with Crippen molar-refractivity contribution in [3.63, 3.8) is 0 Å². The van der Waals surface area contributed by atoms with Gasteiger partial charge in [0.05, 0.1) is 24.7 Å². The third-order valence-corrected chi connectivity index (χ3v) is 6.18. The van der Waals surface area contributed by atoms with E-state index in [4.69, 9.17) is 9.47 Å². The van der Waals surface area contributed by atoms with Crippen LogP contribution in [0.4, 0.5) is 0 Å². The lowest BCUT2D eigenvalue weighted by Crippen LogP contribution is -2.27. The molecule has 3 nitrogen and oxygen atoms in total. The highest BCUT2D eigenvalue weighted by atomic mass is 16.5. The Morgan fingerprint density at radius 2 is 1.90 bits per heavy atom. The molecular weight excluding hydrogens is 264 g/mol. The fourth-order valence-electron chi connectivity index (χ4n) is 4.83. The first-order chi connectivity index (χ1) is 10.2. The number of hydrogen-bond donors (Lipinski definition) is 0. The van der Waals surface area contributed by atoms with Crippen molar-refractivity contribution in [2.24, 2.45) is 23.7 Å². The Labute approximate surface area is 128 Å². The summed E-state index contributed by atoms with van der Waals surface area (Å²) < 4.78 is 11.3. The van der Waals surface area contributed by atoms with Gasteiger partial charge in [-0.3, -0.25) is 4.79 Å². The van der Waals surface area contributed by atoms with Crippen molar-refractivity contribution in [3.8, 4) is 0 Å². The molecule has 0 aromatic carbocycles. The normalized spacial score (nSPS) is 41.6. The molecule has 3 aliphatic rings. The van der Waals surface area contributed by atoms with E-state index < -0.39 is 0 Å². The van der Waals surface area contributed by atoms with Gasteiger partial charge in [0, 0.05) is 0 Å². The Hall–Kier alpha value is -0.570. The lowest BCUT2D eigenvalue weighted by atomic mass is 9.89. The summed E-state index contributed by atoms with van der Waals surface area (Å²) in [6.07, 6.45) is 9.90. The van der Waals surface area contributed by atoms with Crippen LogP contribution in [0.15, 0.2) is 0 Å². The van der Waals surface area contributed by atoms with Crippen molar-refractivity contribution in [3.05, 3.63) is 0 Å². The summed E-state index contributed by atoms with van der Waals surface area (Å²) >= 11 is 0. The van der Waals surface area contributed by atoms with E-state index in [0.29, 0.717) is 12.7 Å². The van der Waals surface area contributed by atoms with Gasteiger partial charge in [0.15, 0.2) is 0 Å². The molecule has 0 aromatic heterocycles. The first kappa shape index (κ1) is 15.3. The number of rotatable bonds is 6. The van der Waals surface area contributed by atoms with E-state index in [1.807, 2.05) is 0 Å². The lowest BCUT2D eigenvalue weighted by molar-refractivity contribution is -0.150. The smallest absolute Gasteiger partial charge is 0.311 e. The van der Waals surface area contributed by atoms with Crippen LogP contribution in [0.5, 0.6) is 0 Å². The molecule has 0 aromatic rings. The monoisotopic (exact) mass is 294 g/mol. The number of carbonyl (C=O) groups excluding carboxylic acids is 1. The molecule has 0 spiro atoms. The summed E-state index contributed by atoms with van der Waals surface area (Å²) in [6, 6.07) is 0. The Morgan fingerprint density at radius 1 is 1.10 bits per heavy atom. The number of esters is 1. The van der Waals surface area contributed by atoms with Crippen LogP contribution in [-0.4, -0.2) is 24.8 Å². The molecule has 2 aliphatic heterocycles. The largest absolute Gasteiger partial charge is 0.465 e. The van der Waals surface area contributed by atoms with Crippen LogP contribution in [-0.2, 0) is 14.3 Å². The van der Waals surface area contributed by atoms with E-state index >= 15 is 0 Å². The van der Waals surface area contributed by atoms with E-state index in [9.17, 15) is 4.79 Å². The fourth-order valence-corrected chi connectivity index (χ4v) is 4.83. The van der Waals surface area contributed by atoms with Crippen LogP contribution in [0, 0.1) is 23.7 Å². The quantitative estimate of drug-likeness (QED) is 0.696. The van der Waals surface area contributed by atoms with E-state index in [1.165, 1.54) is 25.7 Å². The zero-order valence-corrected chi connectivity index (χ0v) is 13.6. The minimum absolute atomic E-state index is 0.000266. The number of ether oxygens (including phenoxy) is 2. The standard InChI is InChI=1S/C18H30O3/c1-3-12-9-13(4-2)14(10-12)7-8-20-18(19)16-11-15-5-6-17(16)21-15/h12-17H,3-11H2,1-2H3. The average molecular weight is 294 g/mol. The van der Waals surface area contributed by atoms with Gasteiger partial charge >= 0.3 is 5.97 Å². The van der Waals surface area contributed by atoms with Gasteiger partial charge in [0.1, 0.15) is 0 Å². The van der Waals surface area contributed by atoms with Crippen molar-refractivity contribution < 1.29 is 14.3 Å². The molecule has 6 atom stereocenters. The molecule has 21 heavy (non-hydrogen) atoms. The predicted octanol–water partition coefficient (Wildman–Crippen LogP) is 3.95. The van der Waals surface area contributed by atoms with Crippen molar-refractivity contribution in [1.29, 1.82) is 0 Å². The van der Waals surface area contributed by atoms with Gasteiger partial charge in [-0.25, -0.2) is 0 Å². The van der Waals surface area contributed by atoms with Crippen molar-refractivity contribution >= 4 is 5.97 Å². The summed E-state index contributed by atoms with van der Waals surface area (Å²) in [5.74, 6) is 2.54. The molecule has 3 rings (SSSR count). The Balaban J connectivity index is 1.40. The van der Waals surface area contributed by atoms with Crippen LogP contribution < -0.4 is 0 Å². The number of fused-ring (bicyclic) bond motifs is 2. The molecule has 1 saturated carbocycles. The summed E-state index contributed by atoms with van der Waals surface area (Å²) in [4.78, 5) is 12.2. The lowest BCUT2D eigenvalue weighted by Gasteiger charge is -2.20. The molecule has 0 N–H and O–H groups in total. The third-order valence-electron chi connectivity index (χ3n) is 6.18. The van der Waals surface area contributed by atoms with Crippen LogP contribution in [0.2, 0.25) is 0 Å². The summed E-state index contributed by atoms with van der Waals surface area (Å²) in [5.41, 5.74) is 0. The van der Waals surface area contributed by atoms with E-state index in [2.05, 4.69) is 13.8 Å². The average Bonchev–Trinajstić information content (AvgIpc) is 3.21. The van der Waals surface area contributed by atoms with E-state index in [1.54, 1.807) is 0 Å². The predicted molar refractivity (Wildman–Crippen MR) is 81.9 cm³/mol. The van der Waals surface area contributed by atoms with Gasteiger partial charge in [0.2, 0.25) is 0 Å². The SMILES string of the molecule is CCC1CC(CC)C(CCOC(=O)C2CC3CCC2O3)C1. The fraction of sp³-hybridized carbons (Fsp3) is 0.944. The number of hydrogen-bond acceptors (Lipinski definition) is 3. The molecule has 1 aliphatic carbocycles. The minimum atomic E-state index is 0.000266. The van der Waals surface area contributed by atoms with Crippen molar-refractivity contribution in [2.75, 3.05) is 6.61 Å². The van der Waals surface area contributed by atoms with E-state index in [-0.39, 0.29) is 18.0 Å². The van der Waals surface area contributed by atoms with Crippen LogP contribution in [0.3, 0.4) is 0 Å². The maximum atomic E-state index is 12.2. The second-order valence-corrected chi connectivity index (χ2v) is 7.35. The Kier molecular flexibility index (Phi) is 4.88. The van der Waals surface area contributed by atoms with E-state index in [0.717, 1.165) is 43.4 Å². The highest BCUT2D eigenvalue weighted by Gasteiger charge is 2.45. The summed E-state index contributed by atoms with van der Waals surface area (Å²) in [6.45, 7) is 5.22. The maximum absolute atomic E-state index is 12.2. The molecular formula is C18H30O3. The molecule has 2 saturated heterocycles. The summed E-state index contributed by atoms with van der Waals surface area (Å²) in [5, 5.41) is 0. The molecule has 120 valence electrons. The van der Waals surface area contributed by atoms with Gasteiger partial charge in [-0.2, -0.15) is 0 Å². The highest BCUT2D eigenvalue weighted by molar-refractivity contribution is 5.73. The van der Waals surface area contributed by atoms with Crippen molar-refractivity contribution in [1.82, 2.24) is 0 Å². The molecule has 0 radical (unpaired) electrons. The molecule has 0 amide bonds. The molecule has 2 bridgehead atoms. The Bertz CT molecular complexity index is 367. The zero-order valence-electron chi connectivity index (χ0n) is 13.6. The summed E-state index contributed by atoms with van der Waals surface area (Å²) in [7, 11) is 0. The van der Waals surface area contributed by atoms with Crippen LogP contribution >= 0.6 is 0 Å².